The monoisotopic (exact) mass is 615 g/mol. The summed E-state index contributed by atoms with van der Waals surface area (Å²) in [6.07, 6.45) is -2.81. The molecule has 3 rings (SSSR count). The number of hydrogen-bond acceptors (Lipinski definition) is 9. The molecule has 1 aliphatic heterocycles. The number of carbonyl (C=O) groups excluding carboxylic acids is 2. The minimum Gasteiger partial charge on any atom is -0.443 e. The predicted molar refractivity (Wildman–Crippen MR) is 148 cm³/mol. The second kappa shape index (κ2) is 12.0. The summed E-state index contributed by atoms with van der Waals surface area (Å²) in [7, 11) is -4.61. The predicted octanol–water partition coefficient (Wildman–Crippen LogP) is 4.68. The molecular weight excluding hydrogens is 579 g/mol. The van der Waals surface area contributed by atoms with Crippen molar-refractivity contribution in [3.8, 4) is 0 Å². The first kappa shape index (κ1) is 33.0. The zero-order valence-corrected chi connectivity index (χ0v) is 25.1. The van der Waals surface area contributed by atoms with Crippen LogP contribution >= 0.6 is 0 Å². The Morgan fingerprint density at radius 2 is 1.81 bits per heavy atom. The summed E-state index contributed by atoms with van der Waals surface area (Å²) >= 11 is 0. The number of anilines is 2. The van der Waals surface area contributed by atoms with Crippen LogP contribution in [0.25, 0.3) is 0 Å². The molecule has 0 bridgehead atoms. The zero-order valence-electron chi connectivity index (χ0n) is 24.3. The van der Waals surface area contributed by atoms with Crippen LogP contribution in [0.5, 0.6) is 0 Å². The van der Waals surface area contributed by atoms with E-state index >= 15 is 0 Å². The second-order valence-electron chi connectivity index (χ2n) is 12.0. The molecule has 2 amide bonds. The number of aromatic nitrogens is 2. The molecule has 11 nitrogen and oxygen atoms in total. The van der Waals surface area contributed by atoms with Crippen LogP contribution in [0.3, 0.4) is 0 Å². The van der Waals surface area contributed by atoms with Crippen molar-refractivity contribution in [2.75, 3.05) is 29.9 Å². The maximum absolute atomic E-state index is 13.6. The van der Waals surface area contributed by atoms with Gasteiger partial charge in [0.25, 0.3) is 15.9 Å². The van der Waals surface area contributed by atoms with E-state index in [0.29, 0.717) is 36.1 Å². The highest BCUT2D eigenvalue weighted by atomic mass is 32.2. The number of alkyl halides is 3. The van der Waals surface area contributed by atoms with Crippen molar-refractivity contribution < 1.29 is 41.0 Å². The van der Waals surface area contributed by atoms with E-state index in [4.69, 9.17) is 4.74 Å². The average Bonchev–Trinajstić information content (AvgIpc) is 2.85. The van der Waals surface area contributed by atoms with Crippen molar-refractivity contribution in [3.05, 3.63) is 41.7 Å². The molecule has 3 heterocycles. The van der Waals surface area contributed by atoms with Crippen LogP contribution in [0.4, 0.5) is 29.5 Å². The van der Waals surface area contributed by atoms with E-state index in [1.165, 1.54) is 26.8 Å². The first-order chi connectivity index (χ1) is 19.2. The molecule has 232 valence electrons. The molecule has 2 aromatic rings. The summed E-state index contributed by atoms with van der Waals surface area (Å²) < 4.78 is 73.6. The van der Waals surface area contributed by atoms with Crippen molar-refractivity contribution in [2.24, 2.45) is 5.92 Å². The van der Waals surface area contributed by atoms with Crippen LogP contribution in [0.15, 0.2) is 35.6 Å². The number of aliphatic hydroxyl groups is 1. The van der Waals surface area contributed by atoms with E-state index in [9.17, 15) is 36.3 Å². The molecule has 0 unspecified atom stereocenters. The van der Waals surface area contributed by atoms with Gasteiger partial charge >= 0.3 is 12.3 Å². The molecule has 1 fully saturated rings. The smallest absolute Gasteiger partial charge is 0.424 e. The second-order valence-corrected chi connectivity index (χ2v) is 13.7. The Labute approximate surface area is 243 Å². The van der Waals surface area contributed by atoms with Gasteiger partial charge in [-0.25, -0.2) is 14.8 Å². The summed E-state index contributed by atoms with van der Waals surface area (Å²) in [5, 5.41) is 11.4. The number of nitrogens with one attached hydrogen (secondary N) is 1. The fourth-order valence-corrected chi connectivity index (χ4v) is 6.01. The highest BCUT2D eigenvalue weighted by molar-refractivity contribution is 7.89. The van der Waals surface area contributed by atoms with Crippen LogP contribution in [-0.4, -0.2) is 70.6 Å². The highest BCUT2D eigenvalue weighted by Crippen LogP contribution is 2.33. The summed E-state index contributed by atoms with van der Waals surface area (Å²) in [6, 6.07) is 2.94. The lowest BCUT2D eigenvalue weighted by Crippen LogP contribution is -2.51. The third-order valence-corrected chi connectivity index (χ3v) is 8.11. The number of pyridine rings is 2. The van der Waals surface area contributed by atoms with Gasteiger partial charge in [-0.2, -0.15) is 25.9 Å². The molecule has 0 aliphatic carbocycles. The van der Waals surface area contributed by atoms with Crippen LogP contribution in [-0.2, 0) is 20.9 Å². The molecule has 0 spiro atoms. The number of nitrogens with zero attached hydrogens (tertiary/aromatic N) is 4. The van der Waals surface area contributed by atoms with E-state index in [1.54, 1.807) is 25.7 Å². The van der Waals surface area contributed by atoms with Crippen LogP contribution < -0.4 is 10.2 Å². The molecule has 2 aromatic heterocycles. The van der Waals surface area contributed by atoms with E-state index in [0.717, 1.165) is 18.7 Å². The van der Waals surface area contributed by atoms with Crippen molar-refractivity contribution in [1.82, 2.24) is 14.3 Å². The summed E-state index contributed by atoms with van der Waals surface area (Å²) in [5.74, 6) is -1.10. The Balaban J connectivity index is 2.00. The largest absolute Gasteiger partial charge is 0.443 e. The maximum atomic E-state index is 13.6. The highest BCUT2D eigenvalue weighted by Gasteiger charge is 2.42. The Kier molecular flexibility index (Phi) is 9.47. The minimum atomic E-state index is -4.77. The minimum absolute atomic E-state index is 0.00406. The van der Waals surface area contributed by atoms with Crippen LogP contribution in [0.1, 0.15) is 70.3 Å². The Morgan fingerprint density at radius 3 is 2.38 bits per heavy atom. The molecule has 0 radical (unpaired) electrons. The van der Waals surface area contributed by atoms with Crippen LogP contribution in [0, 0.1) is 5.92 Å². The Hall–Kier alpha value is -3.46. The van der Waals surface area contributed by atoms with Gasteiger partial charge in [-0.15, -0.1) is 0 Å². The lowest BCUT2D eigenvalue weighted by Gasteiger charge is -2.35. The summed E-state index contributed by atoms with van der Waals surface area (Å²) in [4.78, 5) is 35.8. The Bertz CT molecular complexity index is 1420. The molecule has 15 heteroatoms. The van der Waals surface area contributed by atoms with Crippen molar-refractivity contribution in [1.29, 1.82) is 0 Å². The quantitative estimate of drug-likeness (QED) is 0.474. The van der Waals surface area contributed by atoms with E-state index in [-0.39, 0.29) is 29.6 Å². The van der Waals surface area contributed by atoms with Crippen molar-refractivity contribution in [2.45, 2.75) is 76.7 Å². The average molecular weight is 616 g/mol. The number of rotatable bonds is 6. The lowest BCUT2D eigenvalue weighted by atomic mass is 9.98. The fourth-order valence-electron chi connectivity index (χ4n) is 4.39. The van der Waals surface area contributed by atoms with Gasteiger partial charge in [0.2, 0.25) is 0 Å². The number of halogens is 3. The van der Waals surface area contributed by atoms with E-state index in [2.05, 4.69) is 15.3 Å². The Morgan fingerprint density at radius 1 is 1.14 bits per heavy atom. The number of ether oxygens (including phenoxy) is 1. The lowest BCUT2D eigenvalue weighted by molar-refractivity contribution is -0.137. The maximum Gasteiger partial charge on any atom is 0.424 e. The molecule has 1 aliphatic rings. The number of piperidine rings is 1. The number of amides is 2. The molecule has 1 saturated heterocycles. The van der Waals surface area contributed by atoms with Gasteiger partial charge in [0.05, 0.1) is 16.7 Å². The molecule has 2 N–H and O–H groups in total. The normalized spacial score (nSPS) is 16.6. The molecule has 1 atom stereocenters. The van der Waals surface area contributed by atoms with Crippen LogP contribution in [0.2, 0.25) is 0 Å². The topological polar surface area (TPSA) is 142 Å². The molecule has 0 aromatic carbocycles. The van der Waals surface area contributed by atoms with Gasteiger partial charge in [-0.1, -0.05) is 0 Å². The van der Waals surface area contributed by atoms with E-state index < -0.39 is 49.9 Å². The number of sulfonamides is 1. The molecular formula is C27H36F3N5O6S. The standard InChI is InChI=1S/C27H36F3N5O6S/c1-25(2,3)35(24(38)41-26(4,5)6)42(39,40)21-13-19(9-10-31-21)33-23(37)20-12-18(27(28,29)30)14-32-22(20)34-11-7-8-17(15-34)16-36/h9-10,12-14,17,36H,7-8,11,15-16H2,1-6H3,(H,31,33,37)/t17-/m0/s1. The van der Waals surface area contributed by atoms with E-state index in [1.807, 2.05) is 0 Å². The SMILES string of the molecule is CC(C)(C)OC(=O)N(C(C)(C)C)S(=O)(=O)c1cc(NC(=O)c2cc(C(F)(F)F)cnc2N2CCC[C@H](CO)C2)ccn1. The van der Waals surface area contributed by atoms with Gasteiger partial charge in [0.15, 0.2) is 5.03 Å². The molecule has 0 saturated carbocycles. The van der Waals surface area contributed by atoms with Gasteiger partial charge < -0.3 is 20.1 Å². The summed E-state index contributed by atoms with van der Waals surface area (Å²) in [6.45, 7) is 9.80. The third-order valence-electron chi connectivity index (χ3n) is 6.18. The number of aliphatic hydroxyl groups excluding tert-OH is 1. The van der Waals surface area contributed by atoms with Gasteiger partial charge in [-0.05, 0) is 72.4 Å². The first-order valence-electron chi connectivity index (χ1n) is 13.2. The third kappa shape index (κ3) is 7.88. The van der Waals surface area contributed by atoms with Crippen molar-refractivity contribution >= 4 is 33.5 Å². The zero-order chi connectivity index (χ0) is 31.7. The van der Waals surface area contributed by atoms with Crippen molar-refractivity contribution in [3.63, 3.8) is 0 Å². The summed E-state index contributed by atoms with van der Waals surface area (Å²) in [5.41, 5.74) is -3.87. The number of carbonyl (C=O) groups is 2. The fraction of sp³-hybridized carbons (Fsp3) is 0.556. The number of hydrogen-bond donors (Lipinski definition) is 2. The van der Waals surface area contributed by atoms with Gasteiger partial charge in [0, 0.05) is 43.8 Å². The van der Waals surface area contributed by atoms with Gasteiger partial charge in [0.1, 0.15) is 11.4 Å². The first-order valence-corrected chi connectivity index (χ1v) is 14.7. The van der Waals surface area contributed by atoms with Gasteiger partial charge in [-0.3, -0.25) is 4.79 Å². The molecule has 42 heavy (non-hydrogen) atoms.